The molecule has 0 aliphatic rings. The zero-order valence-corrected chi connectivity index (χ0v) is 12.9. The number of rotatable bonds is 2. The fourth-order valence-corrected chi connectivity index (χ4v) is 2.64. The molecule has 0 aliphatic heterocycles. The summed E-state index contributed by atoms with van der Waals surface area (Å²) >= 11 is 0. The molecule has 0 saturated heterocycles. The third-order valence-electron chi connectivity index (χ3n) is 3.87. The van der Waals surface area contributed by atoms with E-state index in [0.29, 0.717) is 5.69 Å². The fourth-order valence-electron chi connectivity index (χ4n) is 2.64. The molecule has 0 N–H and O–H groups in total. The van der Waals surface area contributed by atoms with Gasteiger partial charge in [0, 0.05) is 36.2 Å². The van der Waals surface area contributed by atoms with Gasteiger partial charge in [-0.15, -0.1) is 0 Å². The van der Waals surface area contributed by atoms with Gasteiger partial charge < -0.3 is 4.42 Å². The van der Waals surface area contributed by atoms with Gasteiger partial charge in [0.25, 0.3) is 0 Å². The highest BCUT2D eigenvalue weighted by Gasteiger charge is 2.22. The van der Waals surface area contributed by atoms with E-state index in [1.807, 2.05) is 42.1 Å². The number of aryl methyl sites for hydroxylation is 2. The van der Waals surface area contributed by atoms with Crippen LogP contribution in [0.5, 0.6) is 0 Å². The molecule has 4 nitrogen and oxygen atoms in total. The van der Waals surface area contributed by atoms with E-state index in [1.54, 1.807) is 12.7 Å². The minimum absolute atomic E-state index is 0.618. The number of pyridine rings is 1. The zero-order chi connectivity index (χ0) is 15.7. The Balaban J connectivity index is 2.31. The van der Waals surface area contributed by atoms with E-state index in [4.69, 9.17) is 11.0 Å². The summed E-state index contributed by atoms with van der Waals surface area (Å²) in [7, 11) is 1.93. The molecule has 3 aromatic rings. The predicted octanol–water partition coefficient (Wildman–Crippen LogP) is 3.22. The van der Waals surface area contributed by atoms with Gasteiger partial charge in [-0.25, -0.2) is 4.85 Å². The van der Waals surface area contributed by atoms with E-state index >= 15 is 0 Å². The monoisotopic (exact) mass is 291 g/mol. The molecule has 108 valence electrons. The molecule has 0 unspecified atom stereocenters. The van der Waals surface area contributed by atoms with Crippen molar-refractivity contribution >= 4 is 5.69 Å². The number of aromatic nitrogens is 2. The van der Waals surface area contributed by atoms with Crippen LogP contribution in [-0.4, -0.2) is 0 Å². The van der Waals surface area contributed by atoms with Crippen molar-refractivity contribution in [2.45, 2.75) is 13.8 Å². The maximum absolute atomic E-state index is 7.39. The van der Waals surface area contributed by atoms with Crippen molar-refractivity contribution in [1.82, 2.24) is 0 Å². The molecule has 4 heteroatoms. The Bertz CT molecular complexity index is 888. The van der Waals surface area contributed by atoms with Gasteiger partial charge in [0.1, 0.15) is 7.05 Å². The van der Waals surface area contributed by atoms with Crippen molar-refractivity contribution in [1.29, 1.82) is 0 Å². The lowest BCUT2D eigenvalue weighted by molar-refractivity contribution is -0.664. The van der Waals surface area contributed by atoms with Gasteiger partial charge in [-0.05, 0) is 13.0 Å². The molecule has 0 atom stereocenters. The van der Waals surface area contributed by atoms with Crippen LogP contribution in [0.15, 0.2) is 53.6 Å². The molecular formula is C18H17N3O+2. The average Bonchev–Trinajstić information content (AvgIpc) is 2.94. The van der Waals surface area contributed by atoms with Gasteiger partial charge in [-0.1, -0.05) is 6.07 Å². The Hall–Kier alpha value is -2.93. The van der Waals surface area contributed by atoms with Crippen LogP contribution in [0.25, 0.3) is 21.8 Å². The van der Waals surface area contributed by atoms with Crippen molar-refractivity contribution in [2.75, 3.05) is 0 Å². The van der Waals surface area contributed by atoms with Gasteiger partial charge in [0.2, 0.25) is 11.4 Å². The number of nitrogens with zero attached hydrogens (tertiary/aromatic N) is 3. The van der Waals surface area contributed by atoms with E-state index in [2.05, 4.69) is 29.3 Å². The average molecular weight is 291 g/mol. The lowest BCUT2D eigenvalue weighted by Crippen LogP contribution is -2.35. The number of oxazole rings is 1. The molecular weight excluding hydrogens is 274 g/mol. The summed E-state index contributed by atoms with van der Waals surface area (Å²) in [5, 5.41) is 0. The second-order valence-corrected chi connectivity index (χ2v) is 5.32. The second kappa shape index (κ2) is 5.45. The van der Waals surface area contributed by atoms with Crippen LogP contribution >= 0.6 is 0 Å². The zero-order valence-electron chi connectivity index (χ0n) is 12.9. The lowest BCUT2D eigenvalue weighted by Gasteiger charge is -2.07. The van der Waals surface area contributed by atoms with Crippen molar-refractivity contribution in [3.63, 3.8) is 0 Å². The van der Waals surface area contributed by atoms with Gasteiger partial charge in [-0.2, -0.15) is 9.13 Å². The standard InChI is InChI=1S/C18H17N3O/c1-13-7-5-6-8-21(13)17-10-15(19-3)9-16(14(17)2)18-11-22-12-20(18)4/h5-12H,1-2,4H3/q+2. The van der Waals surface area contributed by atoms with Gasteiger partial charge >= 0.3 is 6.39 Å². The first kappa shape index (κ1) is 14.0. The van der Waals surface area contributed by atoms with Crippen LogP contribution in [0, 0.1) is 20.4 Å². The van der Waals surface area contributed by atoms with Crippen LogP contribution in [0.1, 0.15) is 11.3 Å². The van der Waals surface area contributed by atoms with E-state index in [-0.39, 0.29) is 0 Å². The molecule has 0 aliphatic carbocycles. The van der Waals surface area contributed by atoms with E-state index in [9.17, 15) is 0 Å². The number of hydrogen-bond acceptors (Lipinski definition) is 1. The summed E-state index contributed by atoms with van der Waals surface area (Å²) < 4.78 is 9.30. The first-order chi connectivity index (χ1) is 10.6. The Labute approximate surface area is 129 Å². The topological polar surface area (TPSA) is 25.3 Å². The van der Waals surface area contributed by atoms with Crippen LogP contribution in [0.4, 0.5) is 5.69 Å². The molecule has 1 aromatic carbocycles. The predicted molar refractivity (Wildman–Crippen MR) is 82.6 cm³/mol. The van der Waals surface area contributed by atoms with Crippen LogP contribution in [-0.2, 0) is 7.05 Å². The van der Waals surface area contributed by atoms with Crippen molar-refractivity contribution in [3.8, 4) is 16.9 Å². The summed E-state index contributed by atoms with van der Waals surface area (Å²) in [6, 6.07) is 9.90. The largest absolute Gasteiger partial charge is 0.412 e. The van der Waals surface area contributed by atoms with E-state index in [0.717, 1.165) is 28.2 Å². The highest BCUT2D eigenvalue weighted by molar-refractivity contribution is 5.71. The maximum Gasteiger partial charge on any atom is 0.334 e. The smallest absolute Gasteiger partial charge is 0.334 e. The van der Waals surface area contributed by atoms with Gasteiger partial charge in [0.15, 0.2) is 23.8 Å². The third kappa shape index (κ3) is 2.27. The molecule has 0 saturated carbocycles. The molecule has 0 bridgehead atoms. The minimum Gasteiger partial charge on any atom is -0.412 e. The van der Waals surface area contributed by atoms with Gasteiger partial charge in [-0.3, -0.25) is 0 Å². The molecule has 0 radical (unpaired) electrons. The Morgan fingerprint density at radius 2 is 2.00 bits per heavy atom. The number of hydrogen-bond donors (Lipinski definition) is 0. The summed E-state index contributed by atoms with van der Waals surface area (Å²) in [5.41, 5.74) is 5.84. The van der Waals surface area contributed by atoms with Gasteiger partial charge in [0.05, 0.1) is 6.57 Å². The second-order valence-electron chi connectivity index (χ2n) is 5.32. The summed E-state index contributed by atoms with van der Waals surface area (Å²) in [4.78, 5) is 3.62. The molecule has 0 fully saturated rings. The van der Waals surface area contributed by atoms with Crippen LogP contribution in [0.2, 0.25) is 0 Å². The van der Waals surface area contributed by atoms with Crippen molar-refractivity contribution in [3.05, 3.63) is 71.9 Å². The Morgan fingerprint density at radius 1 is 1.18 bits per heavy atom. The normalized spacial score (nSPS) is 10.5. The highest BCUT2D eigenvalue weighted by atomic mass is 16.3. The summed E-state index contributed by atoms with van der Waals surface area (Å²) in [6.45, 7) is 11.5. The minimum atomic E-state index is 0.618. The SMILES string of the molecule is [C-]#[N+]c1cc(-c2coc[n+]2C)c(C)c(-[n+]2ccccc2C)c1. The van der Waals surface area contributed by atoms with E-state index in [1.165, 1.54) is 0 Å². The molecule has 0 spiro atoms. The maximum atomic E-state index is 7.39. The van der Waals surface area contributed by atoms with E-state index < -0.39 is 0 Å². The molecule has 2 heterocycles. The quantitative estimate of drug-likeness (QED) is 0.526. The first-order valence-electron chi connectivity index (χ1n) is 7.04. The highest BCUT2D eigenvalue weighted by Crippen LogP contribution is 2.29. The summed E-state index contributed by atoms with van der Waals surface area (Å²) in [5.74, 6) is 0. The molecule has 2 aromatic heterocycles. The van der Waals surface area contributed by atoms with Crippen LogP contribution < -0.4 is 9.13 Å². The molecule has 22 heavy (non-hydrogen) atoms. The Morgan fingerprint density at radius 3 is 2.64 bits per heavy atom. The number of benzene rings is 1. The third-order valence-corrected chi connectivity index (χ3v) is 3.87. The molecule has 0 amide bonds. The summed E-state index contributed by atoms with van der Waals surface area (Å²) in [6.07, 6.45) is 5.38. The van der Waals surface area contributed by atoms with Crippen molar-refractivity contribution < 1.29 is 13.6 Å². The molecule has 3 rings (SSSR count). The van der Waals surface area contributed by atoms with Crippen LogP contribution in [0.3, 0.4) is 0 Å². The fraction of sp³-hybridized carbons (Fsp3) is 0.167. The lowest BCUT2D eigenvalue weighted by atomic mass is 10.0. The van der Waals surface area contributed by atoms with Crippen molar-refractivity contribution in [2.24, 2.45) is 7.05 Å². The first-order valence-corrected chi connectivity index (χ1v) is 7.04. The Kier molecular flexibility index (Phi) is 3.48.